The molecule has 1 atom stereocenters. The van der Waals surface area contributed by atoms with Gasteiger partial charge in [0, 0.05) is 13.2 Å². The van der Waals surface area contributed by atoms with E-state index in [9.17, 15) is 0 Å². The van der Waals surface area contributed by atoms with Gasteiger partial charge in [-0.1, -0.05) is 32.6 Å². The van der Waals surface area contributed by atoms with Crippen LogP contribution < -0.4 is 5.32 Å². The fourth-order valence-electron chi connectivity index (χ4n) is 2.86. The maximum absolute atomic E-state index is 5.51. The van der Waals surface area contributed by atoms with E-state index in [1.807, 2.05) is 7.11 Å². The van der Waals surface area contributed by atoms with E-state index in [-0.39, 0.29) is 5.60 Å². The van der Waals surface area contributed by atoms with Gasteiger partial charge in [0.1, 0.15) is 0 Å². The number of hydrogen-bond acceptors (Lipinski definition) is 2. The lowest BCUT2D eigenvalue weighted by Crippen LogP contribution is -2.33. The number of nitrogens with one attached hydrogen (secondary N) is 1. The molecule has 1 fully saturated rings. The van der Waals surface area contributed by atoms with Gasteiger partial charge in [-0.25, -0.2) is 0 Å². The van der Waals surface area contributed by atoms with Crippen molar-refractivity contribution in [2.24, 2.45) is 5.92 Å². The van der Waals surface area contributed by atoms with Gasteiger partial charge in [-0.05, 0) is 45.6 Å². The summed E-state index contributed by atoms with van der Waals surface area (Å²) in [6.07, 6.45) is 9.57. The lowest BCUT2D eigenvalue weighted by molar-refractivity contribution is 0.0112. The first kappa shape index (κ1) is 15.0. The molecular formula is C15H31NO. The molecule has 1 unspecified atom stereocenters. The van der Waals surface area contributed by atoms with Crippen LogP contribution in [0.2, 0.25) is 0 Å². The fraction of sp³-hybridized carbons (Fsp3) is 1.00. The quantitative estimate of drug-likeness (QED) is 0.699. The second-order valence-corrected chi connectivity index (χ2v) is 6.14. The monoisotopic (exact) mass is 241 g/mol. The van der Waals surface area contributed by atoms with E-state index in [1.165, 1.54) is 38.5 Å². The van der Waals surface area contributed by atoms with E-state index in [0.717, 1.165) is 18.9 Å². The van der Waals surface area contributed by atoms with Crippen molar-refractivity contribution in [3.05, 3.63) is 0 Å². The van der Waals surface area contributed by atoms with Crippen LogP contribution in [0.1, 0.15) is 65.7 Å². The molecule has 0 heterocycles. The van der Waals surface area contributed by atoms with Crippen LogP contribution in [0.15, 0.2) is 0 Å². The normalized spacial score (nSPS) is 19.8. The molecule has 0 saturated heterocycles. The zero-order chi connectivity index (χ0) is 12.7. The molecule has 1 saturated carbocycles. The molecule has 0 aliphatic heterocycles. The summed E-state index contributed by atoms with van der Waals surface area (Å²) in [5.74, 6) is 0.977. The van der Waals surface area contributed by atoms with Gasteiger partial charge in [0.2, 0.25) is 0 Å². The molecule has 2 heteroatoms. The van der Waals surface area contributed by atoms with Gasteiger partial charge in [-0.3, -0.25) is 0 Å². The first-order valence-electron chi connectivity index (χ1n) is 7.36. The molecule has 102 valence electrons. The topological polar surface area (TPSA) is 21.3 Å². The Morgan fingerprint density at radius 2 is 1.94 bits per heavy atom. The van der Waals surface area contributed by atoms with Crippen molar-refractivity contribution >= 4 is 0 Å². The summed E-state index contributed by atoms with van der Waals surface area (Å²) < 4.78 is 5.51. The highest BCUT2D eigenvalue weighted by Crippen LogP contribution is 2.30. The van der Waals surface area contributed by atoms with Gasteiger partial charge in [0.15, 0.2) is 0 Å². The van der Waals surface area contributed by atoms with Gasteiger partial charge >= 0.3 is 0 Å². The van der Waals surface area contributed by atoms with E-state index in [2.05, 4.69) is 26.1 Å². The number of hydrogen-bond donors (Lipinski definition) is 1. The van der Waals surface area contributed by atoms with Crippen molar-refractivity contribution in [1.29, 1.82) is 0 Å². The van der Waals surface area contributed by atoms with Crippen LogP contribution in [0.5, 0.6) is 0 Å². The predicted octanol–water partition coefficient (Wildman–Crippen LogP) is 3.75. The Balaban J connectivity index is 2.31. The largest absolute Gasteiger partial charge is 0.379 e. The first-order chi connectivity index (χ1) is 8.07. The van der Waals surface area contributed by atoms with Crippen LogP contribution >= 0.6 is 0 Å². The summed E-state index contributed by atoms with van der Waals surface area (Å²) in [5.41, 5.74) is 0.0311. The highest BCUT2D eigenvalue weighted by molar-refractivity contribution is 4.78. The highest BCUT2D eigenvalue weighted by Gasteiger charge is 2.22. The lowest BCUT2D eigenvalue weighted by atomic mass is 9.92. The molecule has 0 bridgehead atoms. The van der Waals surface area contributed by atoms with Crippen molar-refractivity contribution < 1.29 is 4.74 Å². The smallest absolute Gasteiger partial charge is 0.0623 e. The van der Waals surface area contributed by atoms with Gasteiger partial charge < -0.3 is 10.1 Å². The van der Waals surface area contributed by atoms with Crippen molar-refractivity contribution in [3.63, 3.8) is 0 Å². The zero-order valence-electron chi connectivity index (χ0n) is 12.2. The summed E-state index contributed by atoms with van der Waals surface area (Å²) in [7, 11) is 1.82. The van der Waals surface area contributed by atoms with Crippen LogP contribution in [0.3, 0.4) is 0 Å². The molecule has 1 rings (SSSR count). The molecule has 0 radical (unpaired) electrons. The lowest BCUT2D eigenvalue weighted by Gasteiger charge is -2.27. The first-order valence-corrected chi connectivity index (χ1v) is 7.36. The second kappa shape index (κ2) is 7.38. The SMILES string of the molecule is CCNC(CCC(C)(C)OC)CC1CCCC1. The van der Waals surface area contributed by atoms with Crippen LogP contribution in [0.4, 0.5) is 0 Å². The van der Waals surface area contributed by atoms with Gasteiger partial charge in [-0.15, -0.1) is 0 Å². The summed E-state index contributed by atoms with van der Waals surface area (Å²) in [6.45, 7) is 7.67. The second-order valence-electron chi connectivity index (χ2n) is 6.14. The van der Waals surface area contributed by atoms with Gasteiger partial charge in [-0.2, -0.15) is 0 Å². The molecule has 2 nitrogen and oxygen atoms in total. The van der Waals surface area contributed by atoms with E-state index in [4.69, 9.17) is 4.74 Å². The third-order valence-electron chi connectivity index (χ3n) is 4.23. The molecule has 1 N–H and O–H groups in total. The van der Waals surface area contributed by atoms with Crippen molar-refractivity contribution in [1.82, 2.24) is 5.32 Å². The Bertz CT molecular complexity index is 197. The van der Waals surface area contributed by atoms with Crippen molar-refractivity contribution in [2.75, 3.05) is 13.7 Å². The maximum Gasteiger partial charge on any atom is 0.0623 e. The van der Waals surface area contributed by atoms with E-state index in [1.54, 1.807) is 0 Å². The predicted molar refractivity (Wildman–Crippen MR) is 74.4 cm³/mol. The maximum atomic E-state index is 5.51. The highest BCUT2D eigenvalue weighted by atomic mass is 16.5. The average Bonchev–Trinajstić information content (AvgIpc) is 2.79. The summed E-state index contributed by atoms with van der Waals surface area (Å²) >= 11 is 0. The molecule has 0 aromatic carbocycles. The number of methoxy groups -OCH3 is 1. The standard InChI is InChI=1S/C15H31NO/c1-5-16-14(10-11-15(2,3)17-4)12-13-8-6-7-9-13/h13-14,16H,5-12H2,1-4H3. The van der Waals surface area contributed by atoms with Gasteiger partial charge in [0.25, 0.3) is 0 Å². The molecule has 0 amide bonds. The molecule has 0 spiro atoms. The van der Waals surface area contributed by atoms with Crippen LogP contribution in [0, 0.1) is 5.92 Å². The molecule has 17 heavy (non-hydrogen) atoms. The summed E-state index contributed by atoms with van der Waals surface area (Å²) in [5, 5.41) is 3.65. The van der Waals surface area contributed by atoms with Crippen LogP contribution in [-0.2, 0) is 4.74 Å². The summed E-state index contributed by atoms with van der Waals surface area (Å²) in [4.78, 5) is 0. The third-order valence-corrected chi connectivity index (χ3v) is 4.23. The van der Waals surface area contributed by atoms with E-state index < -0.39 is 0 Å². The van der Waals surface area contributed by atoms with Gasteiger partial charge in [0.05, 0.1) is 5.60 Å². The van der Waals surface area contributed by atoms with E-state index >= 15 is 0 Å². The molecule has 1 aliphatic carbocycles. The molecule has 1 aliphatic rings. The Labute approximate surface area is 108 Å². The Morgan fingerprint density at radius 3 is 2.47 bits per heavy atom. The minimum absolute atomic E-state index is 0.0311. The average molecular weight is 241 g/mol. The van der Waals surface area contributed by atoms with Crippen LogP contribution in [0.25, 0.3) is 0 Å². The molecular weight excluding hydrogens is 210 g/mol. The third kappa shape index (κ3) is 5.87. The molecule has 0 aromatic rings. The van der Waals surface area contributed by atoms with Crippen molar-refractivity contribution in [2.45, 2.75) is 77.4 Å². The minimum Gasteiger partial charge on any atom is -0.379 e. The fourth-order valence-corrected chi connectivity index (χ4v) is 2.86. The Morgan fingerprint density at radius 1 is 1.29 bits per heavy atom. The Hall–Kier alpha value is -0.0800. The number of ether oxygens (including phenoxy) is 1. The molecule has 0 aromatic heterocycles. The van der Waals surface area contributed by atoms with Crippen LogP contribution in [-0.4, -0.2) is 25.3 Å². The zero-order valence-corrected chi connectivity index (χ0v) is 12.2. The minimum atomic E-state index is 0.0311. The van der Waals surface area contributed by atoms with E-state index in [0.29, 0.717) is 6.04 Å². The number of rotatable bonds is 8. The summed E-state index contributed by atoms with van der Waals surface area (Å²) in [6, 6.07) is 0.692. The van der Waals surface area contributed by atoms with Crippen molar-refractivity contribution in [3.8, 4) is 0 Å². The Kier molecular flexibility index (Phi) is 6.50.